The molecule has 35 heavy (non-hydrogen) atoms. The lowest BCUT2D eigenvalue weighted by Crippen LogP contribution is -2.06. The van der Waals surface area contributed by atoms with Gasteiger partial charge in [0.15, 0.2) is 0 Å². The molecule has 0 aliphatic rings. The van der Waals surface area contributed by atoms with Gasteiger partial charge in [-0.15, -0.1) is 0 Å². The van der Waals surface area contributed by atoms with Crippen LogP contribution < -0.4 is 5.32 Å². The fourth-order valence-corrected chi connectivity index (χ4v) is 3.55. The van der Waals surface area contributed by atoms with Crippen molar-refractivity contribution in [3.8, 4) is 0 Å². The van der Waals surface area contributed by atoms with Crippen LogP contribution in [0.2, 0.25) is 0 Å². The molecule has 4 aromatic carbocycles. The fraction of sp³-hybridized carbons (Fsp3) is 0.0714. The molecule has 0 aliphatic heterocycles. The number of nitrogens with one attached hydrogen (secondary N) is 1. The van der Waals surface area contributed by atoms with Crippen LogP contribution in [0.25, 0.3) is 11.6 Å². The van der Waals surface area contributed by atoms with E-state index in [4.69, 9.17) is 0 Å². The van der Waals surface area contributed by atoms with Gasteiger partial charge in [-0.25, -0.2) is 0 Å². The van der Waals surface area contributed by atoms with Gasteiger partial charge in [0, 0.05) is 11.4 Å². The molecular weight excluding hydrogens is 464 g/mol. The quantitative estimate of drug-likeness (QED) is 0.221. The Bertz CT molecular complexity index is 1300. The minimum atomic E-state index is -4.55. The predicted octanol–water partition coefficient (Wildman–Crippen LogP) is 9.06. The number of halogens is 6. The van der Waals surface area contributed by atoms with Crippen molar-refractivity contribution in [2.75, 3.05) is 5.32 Å². The minimum Gasteiger partial charge on any atom is -0.356 e. The van der Waals surface area contributed by atoms with E-state index in [1.807, 2.05) is 42.5 Å². The first-order chi connectivity index (χ1) is 16.6. The Labute approximate surface area is 198 Å². The van der Waals surface area contributed by atoms with Crippen LogP contribution in [0.15, 0.2) is 103 Å². The van der Waals surface area contributed by atoms with Gasteiger partial charge in [-0.05, 0) is 76.9 Å². The van der Waals surface area contributed by atoms with Crippen LogP contribution in [0, 0.1) is 0 Å². The zero-order valence-electron chi connectivity index (χ0n) is 18.2. The molecule has 0 bridgehead atoms. The van der Waals surface area contributed by atoms with Crippen LogP contribution >= 0.6 is 0 Å². The fourth-order valence-electron chi connectivity index (χ4n) is 3.55. The molecule has 0 heterocycles. The lowest BCUT2D eigenvalue weighted by Gasteiger charge is -2.14. The van der Waals surface area contributed by atoms with Crippen LogP contribution in [0.5, 0.6) is 0 Å². The van der Waals surface area contributed by atoms with Gasteiger partial charge in [0.25, 0.3) is 0 Å². The third kappa shape index (κ3) is 6.12. The van der Waals surface area contributed by atoms with Gasteiger partial charge in [0.1, 0.15) is 0 Å². The van der Waals surface area contributed by atoms with E-state index in [-0.39, 0.29) is 5.56 Å². The molecule has 0 spiro atoms. The van der Waals surface area contributed by atoms with Crippen LogP contribution in [-0.2, 0) is 12.4 Å². The maximum atomic E-state index is 13.3. The highest BCUT2D eigenvalue weighted by Crippen LogP contribution is 2.35. The van der Waals surface area contributed by atoms with Crippen molar-refractivity contribution in [3.05, 3.63) is 131 Å². The average Bonchev–Trinajstić information content (AvgIpc) is 2.83. The summed E-state index contributed by atoms with van der Waals surface area (Å²) in [7, 11) is 0. The topological polar surface area (TPSA) is 12.0 Å². The number of rotatable bonds is 5. The molecule has 0 amide bonds. The second-order valence-corrected chi connectivity index (χ2v) is 7.82. The van der Waals surface area contributed by atoms with Crippen molar-refractivity contribution >= 4 is 23.0 Å². The summed E-state index contributed by atoms with van der Waals surface area (Å²) in [6.45, 7) is 0. The molecule has 1 N–H and O–H groups in total. The summed E-state index contributed by atoms with van der Waals surface area (Å²) in [5, 5.41) is 3.24. The third-order valence-electron chi connectivity index (χ3n) is 5.31. The maximum Gasteiger partial charge on any atom is 0.416 e. The summed E-state index contributed by atoms with van der Waals surface area (Å²) in [6.07, 6.45) is -7.41. The van der Waals surface area contributed by atoms with Crippen LogP contribution in [0.3, 0.4) is 0 Å². The van der Waals surface area contributed by atoms with Gasteiger partial charge < -0.3 is 5.32 Å². The van der Waals surface area contributed by atoms with Crippen molar-refractivity contribution < 1.29 is 26.3 Å². The zero-order valence-corrected chi connectivity index (χ0v) is 18.2. The number of hydrogen-bond acceptors (Lipinski definition) is 1. The molecule has 0 radical (unpaired) electrons. The first kappa shape index (κ1) is 24.1. The Morgan fingerprint density at radius 1 is 0.543 bits per heavy atom. The number of para-hydroxylation sites is 1. The molecule has 0 aromatic heterocycles. The van der Waals surface area contributed by atoms with E-state index in [0.717, 1.165) is 35.6 Å². The largest absolute Gasteiger partial charge is 0.416 e. The van der Waals surface area contributed by atoms with Crippen molar-refractivity contribution in [2.24, 2.45) is 0 Å². The maximum absolute atomic E-state index is 13.3. The van der Waals surface area contributed by atoms with E-state index in [2.05, 4.69) is 5.32 Å². The third-order valence-corrected chi connectivity index (χ3v) is 5.31. The highest BCUT2D eigenvalue weighted by atomic mass is 19.4. The molecule has 0 aliphatic carbocycles. The van der Waals surface area contributed by atoms with Crippen LogP contribution in [0.1, 0.15) is 27.8 Å². The van der Waals surface area contributed by atoms with E-state index < -0.39 is 23.5 Å². The highest BCUT2D eigenvalue weighted by molar-refractivity contribution is 5.91. The summed E-state index contributed by atoms with van der Waals surface area (Å²) in [4.78, 5) is 0. The van der Waals surface area contributed by atoms with Crippen LogP contribution in [-0.4, -0.2) is 0 Å². The summed E-state index contributed by atoms with van der Waals surface area (Å²) in [5.74, 6) is 0. The normalized spacial score (nSPS) is 12.5. The molecule has 4 aromatic rings. The standard InChI is InChI=1S/C28H19F6N/c29-27(30,31)22-13-11-20(12-14-22)26(21-5-4-6-23(18-21)28(32,33)34)17-19-9-15-25(16-10-19)35-24-7-2-1-3-8-24/h1-18,35H. The molecule has 178 valence electrons. The molecule has 0 atom stereocenters. The lowest BCUT2D eigenvalue weighted by atomic mass is 9.93. The van der Waals surface area contributed by atoms with E-state index >= 15 is 0 Å². The first-order valence-corrected chi connectivity index (χ1v) is 10.6. The second kappa shape index (κ2) is 9.70. The van der Waals surface area contributed by atoms with E-state index in [1.165, 1.54) is 24.3 Å². The molecule has 4 rings (SSSR count). The molecule has 0 unspecified atom stereocenters. The Kier molecular flexibility index (Phi) is 6.69. The minimum absolute atomic E-state index is 0.242. The van der Waals surface area contributed by atoms with Gasteiger partial charge >= 0.3 is 12.4 Å². The summed E-state index contributed by atoms with van der Waals surface area (Å²) < 4.78 is 79.0. The van der Waals surface area contributed by atoms with Gasteiger partial charge in [-0.2, -0.15) is 26.3 Å². The predicted molar refractivity (Wildman–Crippen MR) is 126 cm³/mol. The summed E-state index contributed by atoms with van der Waals surface area (Å²) >= 11 is 0. The number of hydrogen-bond donors (Lipinski definition) is 1. The van der Waals surface area contributed by atoms with Gasteiger partial charge in [-0.1, -0.05) is 54.6 Å². The van der Waals surface area contributed by atoms with Gasteiger partial charge in [0.2, 0.25) is 0 Å². The number of benzene rings is 4. The molecule has 0 saturated heterocycles. The molecule has 7 heteroatoms. The second-order valence-electron chi connectivity index (χ2n) is 7.82. The molecule has 0 saturated carbocycles. The summed E-state index contributed by atoms with van der Waals surface area (Å²) in [6, 6.07) is 25.8. The zero-order chi connectivity index (χ0) is 25.1. The highest BCUT2D eigenvalue weighted by Gasteiger charge is 2.31. The Balaban J connectivity index is 1.73. The SMILES string of the molecule is FC(F)(F)c1ccc(C(=Cc2ccc(Nc3ccccc3)cc2)c2cccc(C(F)(F)F)c2)cc1. The Hall–Kier alpha value is -4.00. The van der Waals surface area contributed by atoms with E-state index in [9.17, 15) is 26.3 Å². The van der Waals surface area contributed by atoms with Crippen LogP contribution in [0.4, 0.5) is 37.7 Å². The smallest absolute Gasteiger partial charge is 0.356 e. The first-order valence-electron chi connectivity index (χ1n) is 10.6. The molecule has 1 nitrogen and oxygen atoms in total. The van der Waals surface area contributed by atoms with E-state index in [1.54, 1.807) is 18.2 Å². The van der Waals surface area contributed by atoms with E-state index in [0.29, 0.717) is 16.7 Å². The summed E-state index contributed by atoms with van der Waals surface area (Å²) in [5.41, 5.74) is 1.68. The lowest BCUT2D eigenvalue weighted by molar-refractivity contribution is -0.138. The molecular formula is C28H19F6N. The van der Waals surface area contributed by atoms with Gasteiger partial charge in [-0.3, -0.25) is 0 Å². The van der Waals surface area contributed by atoms with Gasteiger partial charge in [0.05, 0.1) is 11.1 Å². The Morgan fingerprint density at radius 3 is 1.74 bits per heavy atom. The van der Waals surface area contributed by atoms with Crippen molar-refractivity contribution in [1.29, 1.82) is 0 Å². The monoisotopic (exact) mass is 483 g/mol. The van der Waals surface area contributed by atoms with Crippen molar-refractivity contribution in [1.82, 2.24) is 0 Å². The number of alkyl halides is 6. The van der Waals surface area contributed by atoms with Crippen molar-refractivity contribution in [2.45, 2.75) is 12.4 Å². The average molecular weight is 483 g/mol. The number of anilines is 2. The Morgan fingerprint density at radius 2 is 1.14 bits per heavy atom. The van der Waals surface area contributed by atoms with Crippen molar-refractivity contribution in [3.63, 3.8) is 0 Å². The molecule has 0 fully saturated rings.